The Balaban J connectivity index is 2.31. The van der Waals surface area contributed by atoms with E-state index in [4.69, 9.17) is 20.8 Å². The highest BCUT2D eigenvalue weighted by Gasteiger charge is 2.18. The van der Waals surface area contributed by atoms with Crippen molar-refractivity contribution in [3.63, 3.8) is 0 Å². The van der Waals surface area contributed by atoms with Gasteiger partial charge in [-0.05, 0) is 31.0 Å². The molecule has 6 heteroatoms. The largest absolute Gasteiger partial charge is 0.462 e. The highest BCUT2D eigenvalue weighted by atomic mass is 35.5. The zero-order chi connectivity index (χ0) is 16.6. The van der Waals surface area contributed by atoms with Gasteiger partial charge < -0.3 is 9.15 Å². The predicted octanol–water partition coefficient (Wildman–Crippen LogP) is 3.73. The van der Waals surface area contributed by atoms with Gasteiger partial charge in [0.25, 0.3) is 0 Å². The number of ether oxygens (including phenoxy) is 1. The van der Waals surface area contributed by atoms with E-state index in [0.717, 1.165) is 12.0 Å². The van der Waals surface area contributed by atoms with Crippen molar-refractivity contribution in [3.05, 3.63) is 50.8 Å². The van der Waals surface area contributed by atoms with E-state index >= 15 is 0 Å². The molecule has 0 unspecified atom stereocenters. The number of aromatic nitrogens is 1. The number of rotatable bonds is 3. The van der Waals surface area contributed by atoms with Crippen molar-refractivity contribution in [2.75, 3.05) is 6.61 Å². The molecule has 0 fully saturated rings. The van der Waals surface area contributed by atoms with Gasteiger partial charge in [0.15, 0.2) is 11.1 Å². The van der Waals surface area contributed by atoms with Crippen molar-refractivity contribution in [3.8, 4) is 0 Å². The number of hydrogen-bond donors (Lipinski definition) is 0. The van der Waals surface area contributed by atoms with Crippen molar-refractivity contribution in [2.45, 2.75) is 20.3 Å². The second-order valence-electron chi connectivity index (χ2n) is 5.01. The first-order valence-electron chi connectivity index (χ1n) is 7.28. The average molecular weight is 332 g/mol. The number of nitrogens with zero attached hydrogens (tertiary/aromatic N) is 1. The topological polar surface area (TPSA) is 69.4 Å². The molecule has 0 N–H and O–H groups in total. The number of carbonyl (C=O) groups is 1. The SMILES string of the molecule is CCOC(=O)c1cc2oc3ccc(CC)cc3c(=O)c2nc1Cl. The van der Waals surface area contributed by atoms with Crippen LogP contribution in [0.4, 0.5) is 0 Å². The molecule has 0 bridgehead atoms. The molecule has 3 rings (SSSR count). The smallest absolute Gasteiger partial charge is 0.341 e. The quantitative estimate of drug-likeness (QED) is 0.415. The van der Waals surface area contributed by atoms with Crippen LogP contribution in [0, 0.1) is 0 Å². The van der Waals surface area contributed by atoms with Gasteiger partial charge in [-0.15, -0.1) is 0 Å². The Kier molecular flexibility index (Phi) is 4.05. The van der Waals surface area contributed by atoms with Gasteiger partial charge in [0, 0.05) is 6.07 Å². The van der Waals surface area contributed by atoms with Crippen molar-refractivity contribution in [1.82, 2.24) is 4.98 Å². The van der Waals surface area contributed by atoms with Gasteiger partial charge in [-0.3, -0.25) is 4.79 Å². The molecular weight excluding hydrogens is 318 g/mol. The van der Waals surface area contributed by atoms with E-state index in [1.165, 1.54) is 6.07 Å². The Morgan fingerprint density at radius 3 is 2.74 bits per heavy atom. The number of halogens is 1. The third kappa shape index (κ3) is 2.68. The summed E-state index contributed by atoms with van der Waals surface area (Å²) < 4.78 is 10.6. The summed E-state index contributed by atoms with van der Waals surface area (Å²) in [6, 6.07) is 6.83. The van der Waals surface area contributed by atoms with Crippen LogP contribution in [-0.2, 0) is 11.2 Å². The average Bonchev–Trinajstić information content (AvgIpc) is 2.55. The highest BCUT2D eigenvalue weighted by molar-refractivity contribution is 6.32. The summed E-state index contributed by atoms with van der Waals surface area (Å²) in [5.74, 6) is -0.601. The molecule has 2 aromatic heterocycles. The number of aryl methyl sites for hydroxylation is 1. The van der Waals surface area contributed by atoms with Crippen LogP contribution in [-0.4, -0.2) is 17.6 Å². The normalized spacial score (nSPS) is 11.1. The van der Waals surface area contributed by atoms with Gasteiger partial charge in [-0.1, -0.05) is 24.6 Å². The summed E-state index contributed by atoms with van der Waals surface area (Å²) >= 11 is 6.02. The Hall–Kier alpha value is -2.40. The van der Waals surface area contributed by atoms with Crippen molar-refractivity contribution >= 4 is 39.6 Å². The van der Waals surface area contributed by atoms with Crippen LogP contribution >= 0.6 is 11.6 Å². The molecule has 5 nitrogen and oxygen atoms in total. The standard InChI is InChI=1S/C17H14ClNO4/c1-3-9-5-6-12-10(7-9)15(20)14-13(23-12)8-11(16(18)19-14)17(21)22-4-2/h5-8H,3-4H2,1-2H3. The van der Waals surface area contributed by atoms with Crippen LogP contribution in [0.5, 0.6) is 0 Å². The van der Waals surface area contributed by atoms with Crippen LogP contribution in [0.15, 0.2) is 33.5 Å². The molecular formula is C17H14ClNO4. The number of benzene rings is 1. The number of pyridine rings is 1. The molecule has 0 aliphatic carbocycles. The monoisotopic (exact) mass is 331 g/mol. The minimum atomic E-state index is -0.601. The first-order valence-corrected chi connectivity index (χ1v) is 7.66. The van der Waals surface area contributed by atoms with E-state index in [0.29, 0.717) is 11.0 Å². The van der Waals surface area contributed by atoms with Gasteiger partial charge in [0.05, 0.1) is 12.0 Å². The minimum absolute atomic E-state index is 0.0748. The number of fused-ring (bicyclic) bond motifs is 2. The van der Waals surface area contributed by atoms with Gasteiger partial charge >= 0.3 is 5.97 Å². The molecule has 0 aliphatic heterocycles. The molecule has 0 saturated heterocycles. The van der Waals surface area contributed by atoms with E-state index in [1.54, 1.807) is 19.1 Å². The molecule has 0 saturated carbocycles. The number of hydrogen-bond acceptors (Lipinski definition) is 5. The van der Waals surface area contributed by atoms with Gasteiger partial charge in [-0.2, -0.15) is 0 Å². The zero-order valence-corrected chi connectivity index (χ0v) is 13.4. The third-order valence-electron chi connectivity index (χ3n) is 3.57. The first-order chi connectivity index (χ1) is 11.0. The van der Waals surface area contributed by atoms with Gasteiger partial charge in [-0.25, -0.2) is 9.78 Å². The lowest BCUT2D eigenvalue weighted by Crippen LogP contribution is -2.10. The van der Waals surface area contributed by atoms with E-state index in [-0.39, 0.29) is 33.9 Å². The Morgan fingerprint density at radius 1 is 1.26 bits per heavy atom. The highest BCUT2D eigenvalue weighted by Crippen LogP contribution is 2.23. The van der Waals surface area contributed by atoms with Crippen LogP contribution in [0.25, 0.3) is 22.1 Å². The molecule has 23 heavy (non-hydrogen) atoms. The maximum absolute atomic E-state index is 12.6. The zero-order valence-electron chi connectivity index (χ0n) is 12.7. The third-order valence-corrected chi connectivity index (χ3v) is 3.86. The second kappa shape index (κ2) is 6.01. The van der Waals surface area contributed by atoms with E-state index < -0.39 is 5.97 Å². The second-order valence-corrected chi connectivity index (χ2v) is 5.37. The van der Waals surface area contributed by atoms with Crippen molar-refractivity contribution < 1.29 is 13.9 Å². The Bertz CT molecular complexity index is 978. The Morgan fingerprint density at radius 2 is 2.04 bits per heavy atom. The molecule has 2 heterocycles. The molecule has 0 radical (unpaired) electrons. The summed E-state index contributed by atoms with van der Waals surface area (Å²) in [6.07, 6.45) is 0.809. The summed E-state index contributed by atoms with van der Waals surface area (Å²) in [6.45, 7) is 3.92. The van der Waals surface area contributed by atoms with Crippen LogP contribution in [0.2, 0.25) is 5.15 Å². The Labute approximate surface area is 136 Å². The van der Waals surface area contributed by atoms with E-state index in [1.807, 2.05) is 13.0 Å². The summed E-state index contributed by atoms with van der Waals surface area (Å²) in [5, 5.41) is 0.374. The molecule has 1 aromatic carbocycles. The molecule has 0 spiro atoms. The molecule has 0 atom stereocenters. The van der Waals surface area contributed by atoms with Gasteiger partial charge in [0.2, 0.25) is 5.43 Å². The first kappa shape index (κ1) is 15.5. The fourth-order valence-corrected chi connectivity index (χ4v) is 2.59. The summed E-state index contributed by atoms with van der Waals surface area (Å²) in [7, 11) is 0. The van der Waals surface area contributed by atoms with Crippen molar-refractivity contribution in [2.24, 2.45) is 0 Å². The number of esters is 1. The maximum atomic E-state index is 12.6. The summed E-state index contributed by atoms with van der Waals surface area (Å²) in [4.78, 5) is 28.5. The molecule has 118 valence electrons. The number of carbonyl (C=O) groups excluding carboxylic acids is 1. The van der Waals surface area contributed by atoms with E-state index in [9.17, 15) is 9.59 Å². The van der Waals surface area contributed by atoms with E-state index in [2.05, 4.69) is 4.98 Å². The van der Waals surface area contributed by atoms with Crippen LogP contribution < -0.4 is 5.43 Å². The lowest BCUT2D eigenvalue weighted by Gasteiger charge is -2.06. The van der Waals surface area contributed by atoms with Crippen molar-refractivity contribution in [1.29, 1.82) is 0 Å². The summed E-state index contributed by atoms with van der Waals surface area (Å²) in [5.41, 5.74) is 1.59. The van der Waals surface area contributed by atoms with Crippen LogP contribution in [0.1, 0.15) is 29.8 Å². The minimum Gasteiger partial charge on any atom is -0.462 e. The lowest BCUT2D eigenvalue weighted by atomic mass is 10.1. The molecule has 0 amide bonds. The lowest BCUT2D eigenvalue weighted by molar-refractivity contribution is 0.0526. The van der Waals surface area contributed by atoms with Gasteiger partial charge in [0.1, 0.15) is 16.3 Å². The maximum Gasteiger partial charge on any atom is 0.341 e. The van der Waals surface area contributed by atoms with Crippen LogP contribution in [0.3, 0.4) is 0 Å². The predicted molar refractivity (Wildman–Crippen MR) is 88.1 cm³/mol. The molecule has 3 aromatic rings. The fourth-order valence-electron chi connectivity index (χ4n) is 2.37. The molecule has 0 aliphatic rings. The fraction of sp³-hybridized carbons (Fsp3) is 0.235.